The minimum Gasteiger partial charge on any atom is -0.378 e. The molecule has 0 unspecified atom stereocenters. The number of anilines is 3. The van der Waals surface area contributed by atoms with Gasteiger partial charge in [0.1, 0.15) is 0 Å². The van der Waals surface area contributed by atoms with Crippen LogP contribution in [0.3, 0.4) is 0 Å². The smallest absolute Gasteiger partial charge is 0.0426 e. The third-order valence-electron chi connectivity index (χ3n) is 2.48. The van der Waals surface area contributed by atoms with Crippen molar-refractivity contribution in [1.29, 1.82) is 0 Å². The average Bonchev–Trinajstić information content (AvgIpc) is 2.29. The normalized spacial score (nSPS) is 10.1. The van der Waals surface area contributed by atoms with Crippen LogP contribution in [-0.2, 0) is 0 Å². The monoisotopic (exact) mass is 246 g/mol. The first-order chi connectivity index (χ1) is 8.15. The van der Waals surface area contributed by atoms with Gasteiger partial charge >= 0.3 is 0 Å². The molecule has 17 heavy (non-hydrogen) atoms. The van der Waals surface area contributed by atoms with Gasteiger partial charge in [0.2, 0.25) is 0 Å². The van der Waals surface area contributed by atoms with Crippen molar-refractivity contribution in [3.05, 3.63) is 53.6 Å². The van der Waals surface area contributed by atoms with Gasteiger partial charge < -0.3 is 10.2 Å². The molecule has 0 fully saturated rings. The maximum Gasteiger partial charge on any atom is 0.0426 e. The van der Waals surface area contributed by atoms with Crippen LogP contribution >= 0.6 is 11.6 Å². The molecule has 0 atom stereocenters. The molecule has 2 rings (SSSR count). The molecule has 2 aromatic carbocycles. The standard InChI is InChI=1S/C14H15ClN2/c1-17(2)14-8-4-7-13(10-14)16-12-6-3-5-11(15)9-12/h3-10,16H,1-2H3. The summed E-state index contributed by atoms with van der Waals surface area (Å²) in [6.07, 6.45) is 0. The minimum absolute atomic E-state index is 0.735. The van der Waals surface area contributed by atoms with Crippen molar-refractivity contribution in [3.63, 3.8) is 0 Å². The van der Waals surface area contributed by atoms with Crippen molar-refractivity contribution < 1.29 is 0 Å². The summed E-state index contributed by atoms with van der Waals surface area (Å²) >= 11 is 5.94. The Labute approximate surface area is 107 Å². The largest absolute Gasteiger partial charge is 0.378 e. The van der Waals surface area contributed by atoms with E-state index in [1.165, 1.54) is 0 Å². The van der Waals surface area contributed by atoms with E-state index in [9.17, 15) is 0 Å². The molecule has 3 heteroatoms. The Balaban J connectivity index is 2.21. The van der Waals surface area contributed by atoms with Crippen LogP contribution in [0.5, 0.6) is 0 Å². The van der Waals surface area contributed by atoms with E-state index in [1.54, 1.807) is 0 Å². The van der Waals surface area contributed by atoms with Crippen molar-refractivity contribution in [2.24, 2.45) is 0 Å². The quantitative estimate of drug-likeness (QED) is 0.875. The number of nitrogens with zero attached hydrogens (tertiary/aromatic N) is 1. The van der Waals surface area contributed by atoms with Gasteiger partial charge in [-0.3, -0.25) is 0 Å². The second-order valence-electron chi connectivity index (χ2n) is 4.08. The van der Waals surface area contributed by atoms with E-state index in [1.807, 2.05) is 50.5 Å². The van der Waals surface area contributed by atoms with Crippen LogP contribution in [-0.4, -0.2) is 14.1 Å². The van der Waals surface area contributed by atoms with E-state index in [4.69, 9.17) is 11.6 Å². The third kappa shape index (κ3) is 3.14. The fraction of sp³-hybridized carbons (Fsp3) is 0.143. The number of hydrogen-bond acceptors (Lipinski definition) is 2. The zero-order valence-electron chi connectivity index (χ0n) is 9.94. The lowest BCUT2D eigenvalue weighted by atomic mass is 10.2. The molecule has 0 bridgehead atoms. The van der Waals surface area contributed by atoms with Gasteiger partial charge in [0.25, 0.3) is 0 Å². The second kappa shape index (κ2) is 5.11. The first-order valence-electron chi connectivity index (χ1n) is 5.45. The molecule has 0 aromatic heterocycles. The predicted molar refractivity (Wildman–Crippen MR) is 75.5 cm³/mol. The lowest BCUT2D eigenvalue weighted by Gasteiger charge is -2.14. The fourth-order valence-corrected chi connectivity index (χ4v) is 1.79. The third-order valence-corrected chi connectivity index (χ3v) is 2.71. The molecule has 2 aromatic rings. The first kappa shape index (κ1) is 11.8. The lowest BCUT2D eigenvalue weighted by molar-refractivity contribution is 1.13. The van der Waals surface area contributed by atoms with Crippen LogP contribution in [0.15, 0.2) is 48.5 Å². The summed E-state index contributed by atoms with van der Waals surface area (Å²) in [5.74, 6) is 0. The maximum atomic E-state index is 5.94. The second-order valence-corrected chi connectivity index (χ2v) is 4.52. The predicted octanol–water partition coefficient (Wildman–Crippen LogP) is 4.15. The van der Waals surface area contributed by atoms with Gasteiger partial charge in [-0.15, -0.1) is 0 Å². The number of nitrogens with one attached hydrogen (secondary N) is 1. The van der Waals surface area contributed by atoms with Crippen LogP contribution < -0.4 is 10.2 Å². The summed E-state index contributed by atoms with van der Waals surface area (Å²) < 4.78 is 0. The van der Waals surface area contributed by atoms with Gasteiger partial charge in [0, 0.05) is 36.2 Å². The fourth-order valence-electron chi connectivity index (χ4n) is 1.59. The molecule has 0 aliphatic rings. The van der Waals surface area contributed by atoms with Gasteiger partial charge in [0.15, 0.2) is 0 Å². The molecule has 0 spiro atoms. The molecular weight excluding hydrogens is 232 g/mol. The molecule has 2 nitrogen and oxygen atoms in total. The molecule has 1 N–H and O–H groups in total. The SMILES string of the molecule is CN(C)c1cccc(Nc2cccc(Cl)c2)c1. The minimum atomic E-state index is 0.735. The van der Waals surface area contributed by atoms with Crippen molar-refractivity contribution in [3.8, 4) is 0 Å². The molecule has 0 saturated heterocycles. The summed E-state index contributed by atoms with van der Waals surface area (Å²) in [5.41, 5.74) is 3.21. The van der Waals surface area contributed by atoms with Gasteiger partial charge in [-0.25, -0.2) is 0 Å². The Morgan fingerprint density at radius 1 is 0.941 bits per heavy atom. The van der Waals surface area contributed by atoms with Crippen LogP contribution in [0.25, 0.3) is 0 Å². The van der Waals surface area contributed by atoms with E-state index in [0.29, 0.717) is 0 Å². The van der Waals surface area contributed by atoms with E-state index in [-0.39, 0.29) is 0 Å². The maximum absolute atomic E-state index is 5.94. The van der Waals surface area contributed by atoms with Gasteiger partial charge in [0.05, 0.1) is 0 Å². The zero-order valence-corrected chi connectivity index (χ0v) is 10.7. The molecule has 0 aliphatic heterocycles. The Hall–Kier alpha value is -1.67. The number of halogens is 1. The van der Waals surface area contributed by atoms with Crippen molar-refractivity contribution in [1.82, 2.24) is 0 Å². The number of rotatable bonds is 3. The van der Waals surface area contributed by atoms with Crippen LogP contribution in [0.4, 0.5) is 17.1 Å². The highest BCUT2D eigenvalue weighted by Crippen LogP contribution is 2.23. The number of hydrogen-bond donors (Lipinski definition) is 1. The highest BCUT2D eigenvalue weighted by atomic mass is 35.5. The Morgan fingerprint density at radius 2 is 1.59 bits per heavy atom. The van der Waals surface area contributed by atoms with Crippen LogP contribution in [0.1, 0.15) is 0 Å². The van der Waals surface area contributed by atoms with Crippen molar-refractivity contribution in [2.45, 2.75) is 0 Å². The lowest BCUT2D eigenvalue weighted by Crippen LogP contribution is -2.08. The van der Waals surface area contributed by atoms with E-state index in [2.05, 4.69) is 22.3 Å². The van der Waals surface area contributed by atoms with Crippen LogP contribution in [0.2, 0.25) is 5.02 Å². The summed E-state index contributed by atoms with van der Waals surface area (Å²) in [7, 11) is 4.05. The van der Waals surface area contributed by atoms with Crippen molar-refractivity contribution in [2.75, 3.05) is 24.3 Å². The van der Waals surface area contributed by atoms with E-state index in [0.717, 1.165) is 22.1 Å². The summed E-state index contributed by atoms with van der Waals surface area (Å²) in [5, 5.41) is 4.06. The molecule has 0 radical (unpaired) electrons. The highest BCUT2D eigenvalue weighted by Gasteiger charge is 1.98. The highest BCUT2D eigenvalue weighted by molar-refractivity contribution is 6.30. The topological polar surface area (TPSA) is 15.3 Å². The van der Waals surface area contributed by atoms with E-state index < -0.39 is 0 Å². The molecule has 0 heterocycles. The van der Waals surface area contributed by atoms with Gasteiger partial charge in [-0.05, 0) is 36.4 Å². The first-order valence-corrected chi connectivity index (χ1v) is 5.83. The molecular formula is C14H15ClN2. The molecule has 0 saturated carbocycles. The Kier molecular flexibility index (Phi) is 3.55. The average molecular weight is 247 g/mol. The van der Waals surface area contributed by atoms with Crippen LogP contribution in [0, 0.1) is 0 Å². The van der Waals surface area contributed by atoms with Gasteiger partial charge in [-0.2, -0.15) is 0 Å². The summed E-state index contributed by atoms with van der Waals surface area (Å²) in [6.45, 7) is 0. The Bertz CT molecular complexity index is 509. The summed E-state index contributed by atoms with van der Waals surface area (Å²) in [4.78, 5) is 2.07. The van der Waals surface area contributed by atoms with Gasteiger partial charge in [-0.1, -0.05) is 23.7 Å². The molecule has 88 valence electrons. The number of benzene rings is 2. The van der Waals surface area contributed by atoms with E-state index >= 15 is 0 Å². The van der Waals surface area contributed by atoms with Crippen molar-refractivity contribution >= 4 is 28.7 Å². The zero-order chi connectivity index (χ0) is 12.3. The Morgan fingerprint density at radius 3 is 2.24 bits per heavy atom. The molecule has 0 aliphatic carbocycles. The molecule has 0 amide bonds. The summed E-state index contributed by atoms with van der Waals surface area (Å²) in [6, 6.07) is 15.9.